The van der Waals surface area contributed by atoms with E-state index in [-0.39, 0.29) is 54.4 Å². The molecular formula is C27H41NO8. The van der Waals surface area contributed by atoms with Gasteiger partial charge in [-0.15, -0.1) is 0 Å². The summed E-state index contributed by atoms with van der Waals surface area (Å²) < 4.78 is 10.8. The lowest BCUT2D eigenvalue weighted by atomic mass is 9.43. The van der Waals surface area contributed by atoms with E-state index in [9.17, 15) is 29.4 Å². The Kier molecular flexibility index (Phi) is 7.29. The second-order valence-corrected chi connectivity index (χ2v) is 12.2. The van der Waals surface area contributed by atoms with Crippen LogP contribution in [0.5, 0.6) is 0 Å². The van der Waals surface area contributed by atoms with Crippen molar-refractivity contribution in [2.75, 3.05) is 19.8 Å². The van der Waals surface area contributed by atoms with Crippen LogP contribution in [-0.2, 0) is 23.9 Å². The van der Waals surface area contributed by atoms with E-state index in [2.05, 4.69) is 20.8 Å². The minimum Gasteiger partial charge on any atom is -0.460 e. The fraction of sp³-hybridized carbons (Fsp3) is 0.852. The van der Waals surface area contributed by atoms with Gasteiger partial charge in [-0.25, -0.2) is 14.5 Å². The molecule has 0 aromatic rings. The summed E-state index contributed by atoms with van der Waals surface area (Å²) in [5.41, 5.74) is -1.70. The average Bonchev–Trinajstić information content (AvgIpc) is 3.43. The highest BCUT2D eigenvalue weighted by Crippen LogP contribution is 2.68. The molecule has 9 nitrogen and oxygen atoms in total. The summed E-state index contributed by atoms with van der Waals surface area (Å²) in [4.78, 5) is 51.2. The molecule has 4 fully saturated rings. The number of aliphatic hydroxyl groups is 2. The molecule has 1 saturated heterocycles. The lowest BCUT2D eigenvalue weighted by Crippen LogP contribution is -2.63. The number of aliphatic hydroxyl groups excluding tert-OH is 2. The van der Waals surface area contributed by atoms with E-state index < -0.39 is 41.7 Å². The zero-order valence-corrected chi connectivity index (χ0v) is 22.0. The molecule has 2 bridgehead atoms. The van der Waals surface area contributed by atoms with E-state index >= 15 is 0 Å². The molecule has 3 aliphatic carbocycles. The second kappa shape index (κ2) is 9.71. The van der Waals surface area contributed by atoms with Gasteiger partial charge in [0.2, 0.25) is 5.91 Å². The van der Waals surface area contributed by atoms with Crippen molar-refractivity contribution in [3.05, 3.63) is 0 Å². The standard InChI is InChI=1S/C27H41NO8/c1-16-7-10-27-11-8-18(30)22(27)26(16,4)19(36-21(32)15-29)14-25(3,23(33)17(27)2)9-5-6-20(31)28-12-13-35-24(28)34/h16-17,19,22-23,29,33H,5-15H2,1-4H3/t16-,17+,19+,22-,23-,25+,26-,27-/m0/s1. The Morgan fingerprint density at radius 1 is 1.19 bits per heavy atom. The number of hydrogen-bond donors (Lipinski definition) is 2. The summed E-state index contributed by atoms with van der Waals surface area (Å²) in [7, 11) is 0. The molecule has 3 saturated carbocycles. The molecule has 0 aromatic heterocycles. The number of amides is 2. The first kappa shape index (κ1) is 27.0. The highest BCUT2D eigenvalue weighted by molar-refractivity contribution is 5.92. The molecule has 0 radical (unpaired) electrons. The van der Waals surface area contributed by atoms with Gasteiger partial charge in [0.25, 0.3) is 0 Å². The van der Waals surface area contributed by atoms with E-state index in [0.717, 1.165) is 17.7 Å². The number of carbonyl (C=O) groups excluding carboxylic acids is 4. The second-order valence-electron chi connectivity index (χ2n) is 12.2. The van der Waals surface area contributed by atoms with Crippen LogP contribution in [0.2, 0.25) is 0 Å². The van der Waals surface area contributed by atoms with Crippen molar-refractivity contribution in [3.63, 3.8) is 0 Å². The molecule has 0 aromatic carbocycles. The summed E-state index contributed by atoms with van der Waals surface area (Å²) in [6, 6.07) is 0. The number of Topliss-reactive ketones (excluding diaryl/α,β-unsaturated/α-hetero) is 1. The van der Waals surface area contributed by atoms with Gasteiger partial charge >= 0.3 is 12.1 Å². The molecule has 4 aliphatic rings. The van der Waals surface area contributed by atoms with E-state index in [1.54, 1.807) is 0 Å². The normalized spacial score (nSPS) is 42.4. The van der Waals surface area contributed by atoms with Crippen molar-refractivity contribution in [1.82, 2.24) is 4.90 Å². The molecule has 1 heterocycles. The van der Waals surface area contributed by atoms with Crippen molar-refractivity contribution in [2.24, 2.45) is 34.0 Å². The number of hydrogen-bond acceptors (Lipinski definition) is 8. The van der Waals surface area contributed by atoms with Gasteiger partial charge in [-0.3, -0.25) is 9.59 Å². The fourth-order valence-electron chi connectivity index (χ4n) is 8.20. The number of esters is 1. The monoisotopic (exact) mass is 507 g/mol. The third kappa shape index (κ3) is 4.16. The first-order valence-corrected chi connectivity index (χ1v) is 13.4. The van der Waals surface area contributed by atoms with Crippen LogP contribution in [0.25, 0.3) is 0 Å². The lowest BCUT2D eigenvalue weighted by molar-refractivity contribution is -0.213. The Morgan fingerprint density at radius 3 is 2.56 bits per heavy atom. The summed E-state index contributed by atoms with van der Waals surface area (Å²) >= 11 is 0. The molecule has 0 unspecified atom stereocenters. The van der Waals surface area contributed by atoms with Gasteiger partial charge in [-0.2, -0.15) is 0 Å². The highest BCUT2D eigenvalue weighted by Gasteiger charge is 2.68. The van der Waals surface area contributed by atoms with Gasteiger partial charge in [0.15, 0.2) is 0 Å². The third-order valence-corrected chi connectivity index (χ3v) is 10.5. The quantitative estimate of drug-likeness (QED) is 0.525. The molecule has 202 valence electrons. The van der Waals surface area contributed by atoms with Gasteiger partial charge < -0.3 is 19.7 Å². The van der Waals surface area contributed by atoms with E-state index in [1.807, 2.05) is 6.92 Å². The maximum atomic E-state index is 13.4. The predicted molar refractivity (Wildman–Crippen MR) is 128 cm³/mol. The molecule has 0 spiro atoms. The van der Waals surface area contributed by atoms with Crippen molar-refractivity contribution in [2.45, 2.75) is 91.3 Å². The van der Waals surface area contributed by atoms with Crippen LogP contribution < -0.4 is 0 Å². The number of nitrogens with zero attached hydrogens (tertiary/aromatic N) is 1. The molecule has 2 amide bonds. The van der Waals surface area contributed by atoms with Crippen molar-refractivity contribution >= 4 is 23.8 Å². The van der Waals surface area contributed by atoms with Crippen molar-refractivity contribution < 1.29 is 38.9 Å². The van der Waals surface area contributed by atoms with Crippen molar-refractivity contribution in [1.29, 1.82) is 0 Å². The van der Waals surface area contributed by atoms with Crippen LogP contribution in [0.4, 0.5) is 4.79 Å². The van der Waals surface area contributed by atoms with Crippen LogP contribution in [-0.4, -0.2) is 70.8 Å². The number of cyclic esters (lactones) is 1. The Hall–Kier alpha value is -2.00. The van der Waals surface area contributed by atoms with Crippen LogP contribution in [0, 0.1) is 34.0 Å². The zero-order valence-electron chi connectivity index (χ0n) is 22.0. The molecule has 8 atom stereocenters. The van der Waals surface area contributed by atoms with Gasteiger partial charge in [0.05, 0.1) is 12.6 Å². The fourth-order valence-corrected chi connectivity index (χ4v) is 8.20. The Labute approximate surface area is 212 Å². The van der Waals surface area contributed by atoms with Gasteiger partial charge in [0, 0.05) is 24.2 Å². The number of imide groups is 1. The highest BCUT2D eigenvalue weighted by atomic mass is 16.6. The zero-order chi connectivity index (χ0) is 26.5. The third-order valence-electron chi connectivity index (χ3n) is 10.5. The first-order valence-electron chi connectivity index (χ1n) is 13.4. The molecule has 1 aliphatic heterocycles. The summed E-state index contributed by atoms with van der Waals surface area (Å²) in [6.45, 7) is 7.90. The van der Waals surface area contributed by atoms with Crippen LogP contribution in [0.1, 0.15) is 79.1 Å². The predicted octanol–water partition coefficient (Wildman–Crippen LogP) is 2.85. The van der Waals surface area contributed by atoms with Gasteiger partial charge in [0.1, 0.15) is 25.1 Å². The summed E-state index contributed by atoms with van der Waals surface area (Å²) in [5.74, 6) is -1.20. The Bertz CT molecular complexity index is 921. The van der Waals surface area contributed by atoms with Crippen molar-refractivity contribution in [3.8, 4) is 0 Å². The Morgan fingerprint density at radius 2 is 1.92 bits per heavy atom. The van der Waals surface area contributed by atoms with Crippen LogP contribution >= 0.6 is 0 Å². The number of rotatable bonds is 6. The topological polar surface area (TPSA) is 130 Å². The van der Waals surface area contributed by atoms with E-state index in [1.165, 1.54) is 0 Å². The maximum Gasteiger partial charge on any atom is 0.416 e. The van der Waals surface area contributed by atoms with Crippen LogP contribution in [0.3, 0.4) is 0 Å². The molecule has 36 heavy (non-hydrogen) atoms. The maximum absolute atomic E-state index is 13.4. The summed E-state index contributed by atoms with van der Waals surface area (Å²) in [6.07, 6.45) is 2.24. The first-order chi connectivity index (χ1) is 16.9. The minimum atomic E-state index is -0.772. The smallest absolute Gasteiger partial charge is 0.416 e. The van der Waals surface area contributed by atoms with E-state index in [0.29, 0.717) is 32.1 Å². The van der Waals surface area contributed by atoms with Gasteiger partial charge in [-0.05, 0) is 61.2 Å². The minimum absolute atomic E-state index is 0.114. The van der Waals surface area contributed by atoms with E-state index in [4.69, 9.17) is 9.47 Å². The molecule has 9 heteroatoms. The largest absolute Gasteiger partial charge is 0.460 e. The average molecular weight is 508 g/mol. The van der Waals surface area contributed by atoms with Gasteiger partial charge in [-0.1, -0.05) is 27.7 Å². The number of carbonyl (C=O) groups is 4. The molecule has 2 N–H and O–H groups in total. The lowest BCUT2D eigenvalue weighted by Gasteiger charge is -2.62. The van der Waals surface area contributed by atoms with Crippen LogP contribution in [0.15, 0.2) is 0 Å². The molecular weight excluding hydrogens is 466 g/mol. The Balaban J connectivity index is 1.66. The number of ketones is 1. The summed E-state index contributed by atoms with van der Waals surface area (Å²) in [5, 5.41) is 21.3. The molecule has 4 rings (SSSR count). The number of ether oxygens (including phenoxy) is 2. The SMILES string of the molecule is C[C@@H]1[C@H](O)[C@](C)(CCCC(=O)N2CCOC2=O)C[C@@H](OC(=O)CO)[C@@]2(C)[C@@H]3C(=O)CC[C@@]13CC[C@@H]2C.